The number of aromatic nitrogens is 2. The number of phenols is 1. The first-order valence-electron chi connectivity index (χ1n) is 11.9. The van der Waals surface area contributed by atoms with Crippen molar-refractivity contribution < 1.29 is 14.6 Å². The SMILES string of the molecule is COc1cc(C=NNC(=O)CSc2nc3sc4c(c3c(=O)n2-c2ccc(C)cc2)CCCC4)ccc1O. The Morgan fingerprint density at radius 3 is 2.81 bits per heavy atom. The van der Waals surface area contributed by atoms with Gasteiger partial charge in [0.2, 0.25) is 0 Å². The normalized spacial score (nSPS) is 13.1. The highest BCUT2D eigenvalue weighted by Gasteiger charge is 2.23. The number of aromatic hydroxyl groups is 1. The number of aryl methyl sites for hydroxylation is 3. The van der Waals surface area contributed by atoms with Gasteiger partial charge in [0.05, 0.1) is 30.2 Å². The topological polar surface area (TPSA) is 106 Å². The van der Waals surface area contributed by atoms with Crippen LogP contribution in [0.2, 0.25) is 0 Å². The number of rotatable bonds is 7. The summed E-state index contributed by atoms with van der Waals surface area (Å²) in [6, 6.07) is 12.5. The van der Waals surface area contributed by atoms with Gasteiger partial charge >= 0.3 is 0 Å². The molecule has 5 rings (SSSR count). The lowest BCUT2D eigenvalue weighted by Gasteiger charge is -2.13. The van der Waals surface area contributed by atoms with Crippen LogP contribution in [0.15, 0.2) is 57.5 Å². The highest BCUT2D eigenvalue weighted by molar-refractivity contribution is 7.99. The second kappa shape index (κ2) is 10.8. The van der Waals surface area contributed by atoms with Crippen LogP contribution >= 0.6 is 23.1 Å². The molecule has 8 nitrogen and oxygen atoms in total. The number of ether oxygens (including phenoxy) is 1. The number of fused-ring (bicyclic) bond motifs is 3. The Morgan fingerprint density at radius 2 is 2.03 bits per heavy atom. The van der Waals surface area contributed by atoms with Crippen molar-refractivity contribution in [2.75, 3.05) is 12.9 Å². The molecule has 0 atom stereocenters. The molecule has 0 fully saturated rings. The molecule has 2 aromatic heterocycles. The molecular formula is C27H26N4O4S2. The van der Waals surface area contributed by atoms with Gasteiger partial charge in [-0.25, -0.2) is 10.4 Å². The summed E-state index contributed by atoms with van der Waals surface area (Å²) in [6.45, 7) is 2.00. The number of benzene rings is 2. The molecule has 2 aromatic carbocycles. The molecule has 37 heavy (non-hydrogen) atoms. The Labute approximate surface area is 222 Å². The molecule has 0 unspecified atom stereocenters. The van der Waals surface area contributed by atoms with Gasteiger partial charge in [0.15, 0.2) is 16.7 Å². The molecule has 0 radical (unpaired) electrons. The highest BCUT2D eigenvalue weighted by Crippen LogP contribution is 2.35. The summed E-state index contributed by atoms with van der Waals surface area (Å²) in [6.07, 6.45) is 5.56. The zero-order chi connectivity index (χ0) is 25.9. The van der Waals surface area contributed by atoms with Crippen molar-refractivity contribution in [1.82, 2.24) is 15.0 Å². The van der Waals surface area contributed by atoms with E-state index in [1.54, 1.807) is 28.0 Å². The van der Waals surface area contributed by atoms with Gasteiger partial charge in [-0.05, 0) is 74.1 Å². The monoisotopic (exact) mass is 534 g/mol. The third-order valence-corrected chi connectivity index (χ3v) is 8.31. The van der Waals surface area contributed by atoms with E-state index in [1.165, 1.54) is 36.0 Å². The summed E-state index contributed by atoms with van der Waals surface area (Å²) in [5, 5.41) is 14.9. The number of thioether (sulfide) groups is 1. The standard InChI is InChI=1S/C27H26N4O4S2/c1-16-7-10-18(11-8-16)31-26(34)24-19-5-3-4-6-22(19)37-25(24)29-27(31)36-15-23(33)30-28-14-17-9-12-20(32)21(13-17)35-2/h7-14,32H,3-6,15H2,1-2H3,(H,30,33). The Balaban J connectivity index is 1.40. The zero-order valence-electron chi connectivity index (χ0n) is 20.5. The van der Waals surface area contributed by atoms with Crippen LogP contribution in [0.4, 0.5) is 0 Å². The van der Waals surface area contributed by atoms with Crippen LogP contribution in [0, 0.1) is 6.92 Å². The van der Waals surface area contributed by atoms with E-state index < -0.39 is 0 Å². The van der Waals surface area contributed by atoms with E-state index in [4.69, 9.17) is 9.72 Å². The summed E-state index contributed by atoms with van der Waals surface area (Å²) in [7, 11) is 1.46. The van der Waals surface area contributed by atoms with Crippen molar-refractivity contribution >= 4 is 45.4 Å². The fourth-order valence-electron chi connectivity index (χ4n) is 4.32. The molecule has 10 heteroatoms. The van der Waals surface area contributed by atoms with Crippen LogP contribution in [-0.4, -0.2) is 39.6 Å². The lowest BCUT2D eigenvalue weighted by Crippen LogP contribution is -2.24. The Hall–Kier alpha value is -3.63. The second-order valence-electron chi connectivity index (χ2n) is 8.77. The number of nitrogens with zero attached hydrogens (tertiary/aromatic N) is 3. The molecule has 0 bridgehead atoms. The number of hydrogen-bond acceptors (Lipinski definition) is 8. The number of carbonyl (C=O) groups excluding carboxylic acids is 1. The summed E-state index contributed by atoms with van der Waals surface area (Å²) in [5.41, 5.74) is 6.03. The van der Waals surface area contributed by atoms with Crippen LogP contribution < -0.4 is 15.7 Å². The molecule has 0 spiro atoms. The molecule has 1 amide bonds. The van der Waals surface area contributed by atoms with Crippen LogP contribution in [-0.2, 0) is 17.6 Å². The third kappa shape index (κ3) is 5.26. The van der Waals surface area contributed by atoms with E-state index in [9.17, 15) is 14.7 Å². The predicted octanol–water partition coefficient (Wildman–Crippen LogP) is 4.59. The predicted molar refractivity (Wildman–Crippen MR) is 148 cm³/mol. The molecule has 190 valence electrons. The van der Waals surface area contributed by atoms with Gasteiger partial charge in [-0.3, -0.25) is 14.2 Å². The number of hydrazone groups is 1. The number of amides is 1. The van der Waals surface area contributed by atoms with Gasteiger partial charge < -0.3 is 9.84 Å². The number of hydrogen-bond donors (Lipinski definition) is 2. The maximum absolute atomic E-state index is 13.8. The summed E-state index contributed by atoms with van der Waals surface area (Å²) < 4.78 is 6.70. The first-order chi connectivity index (χ1) is 17.9. The zero-order valence-corrected chi connectivity index (χ0v) is 22.1. The first-order valence-corrected chi connectivity index (χ1v) is 13.7. The van der Waals surface area contributed by atoms with Gasteiger partial charge in [0.1, 0.15) is 4.83 Å². The third-order valence-electron chi connectivity index (χ3n) is 6.19. The smallest absolute Gasteiger partial charge is 0.267 e. The number of methoxy groups -OCH3 is 1. The van der Waals surface area contributed by atoms with Crippen molar-refractivity contribution in [1.29, 1.82) is 0 Å². The van der Waals surface area contributed by atoms with E-state index in [2.05, 4.69) is 10.5 Å². The number of nitrogens with one attached hydrogen (secondary N) is 1. The van der Waals surface area contributed by atoms with Crippen molar-refractivity contribution in [2.24, 2.45) is 5.10 Å². The van der Waals surface area contributed by atoms with E-state index >= 15 is 0 Å². The minimum absolute atomic E-state index is 0.0239. The van der Waals surface area contributed by atoms with E-state index in [-0.39, 0.29) is 23.0 Å². The van der Waals surface area contributed by atoms with Crippen LogP contribution in [0.3, 0.4) is 0 Å². The molecule has 1 aliphatic rings. The molecule has 1 aliphatic carbocycles. The largest absolute Gasteiger partial charge is 0.504 e. The maximum Gasteiger partial charge on any atom is 0.267 e. The van der Waals surface area contributed by atoms with Gasteiger partial charge in [-0.15, -0.1) is 11.3 Å². The quantitative estimate of drug-likeness (QED) is 0.156. The summed E-state index contributed by atoms with van der Waals surface area (Å²) >= 11 is 2.80. The fraction of sp³-hybridized carbons (Fsp3) is 0.259. The van der Waals surface area contributed by atoms with Crippen molar-refractivity contribution in [3.05, 3.63) is 74.4 Å². The Kier molecular flexibility index (Phi) is 7.29. The molecule has 0 aliphatic heterocycles. The average Bonchev–Trinajstić information content (AvgIpc) is 3.28. The van der Waals surface area contributed by atoms with Gasteiger partial charge in [-0.2, -0.15) is 5.10 Å². The van der Waals surface area contributed by atoms with E-state index in [0.29, 0.717) is 21.9 Å². The van der Waals surface area contributed by atoms with Crippen LogP contribution in [0.5, 0.6) is 11.5 Å². The second-order valence-corrected chi connectivity index (χ2v) is 10.8. The average molecular weight is 535 g/mol. The summed E-state index contributed by atoms with van der Waals surface area (Å²) in [4.78, 5) is 33.2. The number of carbonyl (C=O) groups is 1. The van der Waals surface area contributed by atoms with Crippen LogP contribution in [0.25, 0.3) is 15.9 Å². The molecule has 0 saturated heterocycles. The Bertz CT molecular complexity index is 1560. The van der Waals surface area contributed by atoms with Crippen molar-refractivity contribution in [3.8, 4) is 17.2 Å². The fourth-order valence-corrected chi connectivity index (χ4v) is 6.43. The van der Waals surface area contributed by atoms with Gasteiger partial charge in [0, 0.05) is 4.88 Å². The number of thiophene rings is 1. The van der Waals surface area contributed by atoms with E-state index in [0.717, 1.165) is 47.3 Å². The maximum atomic E-state index is 13.8. The summed E-state index contributed by atoms with van der Waals surface area (Å²) in [5.74, 6) is 0.0418. The highest BCUT2D eigenvalue weighted by atomic mass is 32.2. The molecular weight excluding hydrogens is 508 g/mol. The number of phenolic OH excluding ortho intramolecular Hbond substituents is 1. The molecule has 4 aromatic rings. The molecule has 2 heterocycles. The van der Waals surface area contributed by atoms with Crippen LogP contribution in [0.1, 0.15) is 34.4 Å². The molecule has 0 saturated carbocycles. The van der Waals surface area contributed by atoms with Gasteiger partial charge in [-0.1, -0.05) is 29.5 Å². The lowest BCUT2D eigenvalue weighted by atomic mass is 9.97. The van der Waals surface area contributed by atoms with Crippen molar-refractivity contribution in [2.45, 2.75) is 37.8 Å². The molecule has 2 N–H and O–H groups in total. The first kappa shape index (κ1) is 25.0. The Morgan fingerprint density at radius 1 is 1.24 bits per heavy atom. The lowest BCUT2D eigenvalue weighted by molar-refractivity contribution is -0.118. The minimum Gasteiger partial charge on any atom is -0.504 e. The van der Waals surface area contributed by atoms with E-state index in [1.807, 2.05) is 31.2 Å². The van der Waals surface area contributed by atoms with Gasteiger partial charge in [0.25, 0.3) is 11.5 Å². The minimum atomic E-state index is -0.331. The van der Waals surface area contributed by atoms with Crippen molar-refractivity contribution in [3.63, 3.8) is 0 Å².